The molecule has 0 saturated carbocycles. The SMILES string of the molecule is O=C=C1O[C-]=NC1=O. The normalized spacial score (nSPS) is 16.0. The van der Waals surface area contributed by atoms with Crippen LogP contribution in [0.4, 0.5) is 0 Å². The van der Waals surface area contributed by atoms with Crippen LogP contribution >= 0.6 is 0 Å². The third-order valence-corrected chi connectivity index (χ3v) is 0.582. The lowest BCUT2D eigenvalue weighted by molar-refractivity contribution is -0.115. The Bertz CT molecular complexity index is 199. The van der Waals surface area contributed by atoms with Gasteiger partial charge in [0.1, 0.15) is 12.2 Å². The van der Waals surface area contributed by atoms with Crippen molar-refractivity contribution < 1.29 is 14.3 Å². The van der Waals surface area contributed by atoms with Crippen LogP contribution in [0.5, 0.6) is 0 Å². The fourth-order valence-electron chi connectivity index (χ4n) is 0.269. The van der Waals surface area contributed by atoms with Gasteiger partial charge >= 0.3 is 0 Å². The van der Waals surface area contributed by atoms with Gasteiger partial charge in [-0.25, -0.2) is 4.79 Å². The van der Waals surface area contributed by atoms with Crippen LogP contribution in [-0.2, 0) is 14.3 Å². The van der Waals surface area contributed by atoms with E-state index in [4.69, 9.17) is 0 Å². The van der Waals surface area contributed by atoms with Gasteiger partial charge in [0.25, 0.3) is 0 Å². The monoisotopic (exact) mass is 110 g/mol. The molecule has 1 amide bonds. The van der Waals surface area contributed by atoms with Gasteiger partial charge in [0.15, 0.2) is 5.91 Å². The third-order valence-electron chi connectivity index (χ3n) is 0.582. The van der Waals surface area contributed by atoms with Gasteiger partial charge in [0, 0.05) is 0 Å². The van der Waals surface area contributed by atoms with Crippen LogP contribution in [-0.4, -0.2) is 18.2 Å². The molecule has 0 aromatic heterocycles. The van der Waals surface area contributed by atoms with E-state index in [1.807, 2.05) is 6.40 Å². The van der Waals surface area contributed by atoms with Crippen molar-refractivity contribution in [1.82, 2.24) is 0 Å². The minimum absolute atomic E-state index is 0.426. The molecule has 0 atom stereocenters. The zero-order valence-electron chi connectivity index (χ0n) is 3.67. The molecule has 0 aromatic carbocycles. The fourth-order valence-corrected chi connectivity index (χ4v) is 0.269. The summed E-state index contributed by atoms with van der Waals surface area (Å²) in [7, 11) is 0. The standard InChI is InChI=1S/C4NO3/c6-1-3-4(7)5-2-8-3/q-1. The van der Waals surface area contributed by atoms with Crippen molar-refractivity contribution in [3.63, 3.8) is 0 Å². The van der Waals surface area contributed by atoms with E-state index in [0.717, 1.165) is 0 Å². The summed E-state index contributed by atoms with van der Waals surface area (Å²) in [6.45, 7) is 0. The van der Waals surface area contributed by atoms with Crippen LogP contribution < -0.4 is 0 Å². The molecule has 0 saturated heterocycles. The second kappa shape index (κ2) is 1.60. The van der Waals surface area contributed by atoms with Gasteiger partial charge in [-0.3, -0.25) is 0 Å². The van der Waals surface area contributed by atoms with E-state index in [-0.39, 0.29) is 0 Å². The van der Waals surface area contributed by atoms with Crippen LogP contribution in [0, 0.1) is 0 Å². The van der Waals surface area contributed by atoms with E-state index in [0.29, 0.717) is 0 Å². The predicted molar refractivity (Wildman–Crippen MR) is 22.7 cm³/mol. The van der Waals surface area contributed by atoms with Crippen molar-refractivity contribution in [3.8, 4) is 0 Å². The quantitative estimate of drug-likeness (QED) is 0.232. The molecule has 4 nitrogen and oxygen atoms in total. The van der Waals surface area contributed by atoms with Crippen LogP contribution in [0.2, 0.25) is 0 Å². The summed E-state index contributed by atoms with van der Waals surface area (Å²) in [5, 5.41) is 0. The van der Waals surface area contributed by atoms with Crippen molar-refractivity contribution in [1.29, 1.82) is 0 Å². The first kappa shape index (κ1) is 4.74. The first-order chi connectivity index (χ1) is 3.84. The number of nitrogens with zero attached hydrogens (tertiary/aromatic N) is 1. The van der Waals surface area contributed by atoms with Gasteiger partial charge in [0.05, 0.1) is 5.94 Å². The molecule has 1 aliphatic heterocycles. The Morgan fingerprint density at radius 3 is 2.75 bits per heavy atom. The molecule has 0 radical (unpaired) electrons. The molecule has 0 unspecified atom stereocenters. The van der Waals surface area contributed by atoms with E-state index in [9.17, 15) is 9.59 Å². The zero-order chi connectivity index (χ0) is 5.98. The number of carbonyl (C=O) groups is 1. The highest BCUT2D eigenvalue weighted by molar-refractivity contribution is 6.06. The third kappa shape index (κ3) is 0.527. The van der Waals surface area contributed by atoms with Crippen LogP contribution in [0.25, 0.3) is 0 Å². The summed E-state index contributed by atoms with van der Waals surface area (Å²) in [6, 6.07) is 0. The molecule has 1 heterocycles. The summed E-state index contributed by atoms with van der Waals surface area (Å²) in [5.41, 5.74) is 0. The molecule has 0 N–H and O–H groups in total. The molecular formula is C4NO3-. The minimum Gasteiger partial charge on any atom is -0.560 e. The van der Waals surface area contributed by atoms with E-state index in [1.165, 1.54) is 5.94 Å². The van der Waals surface area contributed by atoms with Gasteiger partial charge in [0.2, 0.25) is 0 Å². The smallest absolute Gasteiger partial charge is 0.164 e. The average Bonchev–Trinajstić information content (AvgIpc) is 2.14. The van der Waals surface area contributed by atoms with Crippen molar-refractivity contribution in [3.05, 3.63) is 5.76 Å². The molecule has 1 rings (SSSR count). The van der Waals surface area contributed by atoms with E-state index in [1.54, 1.807) is 0 Å². The maximum atomic E-state index is 10.2. The Labute approximate surface area is 44.5 Å². The van der Waals surface area contributed by atoms with Crippen LogP contribution in [0.15, 0.2) is 10.8 Å². The Hall–Kier alpha value is -1.41. The second-order valence-electron chi connectivity index (χ2n) is 1.04. The van der Waals surface area contributed by atoms with Gasteiger partial charge < -0.3 is 14.5 Å². The first-order valence-electron chi connectivity index (χ1n) is 1.76. The number of rotatable bonds is 0. The molecule has 0 aliphatic carbocycles. The maximum absolute atomic E-state index is 10.2. The van der Waals surface area contributed by atoms with Crippen molar-refractivity contribution >= 4 is 18.2 Å². The maximum Gasteiger partial charge on any atom is 0.164 e. The predicted octanol–water partition coefficient (Wildman–Crippen LogP) is -0.836. The number of carbonyl (C=O) groups excluding carboxylic acids is 2. The summed E-state index contributed by atoms with van der Waals surface area (Å²) in [5.74, 6) is 0.104. The van der Waals surface area contributed by atoms with E-state index < -0.39 is 11.7 Å². The lowest BCUT2D eigenvalue weighted by Gasteiger charge is -1.92. The largest absolute Gasteiger partial charge is 0.560 e. The summed E-state index contributed by atoms with van der Waals surface area (Å²) in [4.78, 5) is 22.7. The number of ether oxygens (including phenoxy) is 1. The van der Waals surface area contributed by atoms with Gasteiger partial charge in [-0.1, -0.05) is 0 Å². The highest BCUT2D eigenvalue weighted by Gasteiger charge is 2.00. The van der Waals surface area contributed by atoms with E-state index >= 15 is 0 Å². The van der Waals surface area contributed by atoms with Crippen molar-refractivity contribution in [2.45, 2.75) is 0 Å². The molecule has 8 heavy (non-hydrogen) atoms. The van der Waals surface area contributed by atoms with Crippen molar-refractivity contribution in [2.24, 2.45) is 4.99 Å². The number of hydrogen-bond donors (Lipinski definition) is 0. The van der Waals surface area contributed by atoms with Crippen molar-refractivity contribution in [2.75, 3.05) is 0 Å². The Morgan fingerprint density at radius 1 is 1.75 bits per heavy atom. The molecule has 0 spiro atoms. The topological polar surface area (TPSA) is 55.7 Å². The fraction of sp³-hybridized carbons (Fsp3) is 0. The highest BCUT2D eigenvalue weighted by Crippen LogP contribution is 1.98. The van der Waals surface area contributed by atoms with E-state index in [2.05, 4.69) is 9.73 Å². The lowest BCUT2D eigenvalue weighted by Crippen LogP contribution is -1.92. The second-order valence-corrected chi connectivity index (χ2v) is 1.04. The average molecular weight is 110 g/mol. The molecule has 40 valence electrons. The first-order valence-corrected chi connectivity index (χ1v) is 1.76. The lowest BCUT2D eigenvalue weighted by atomic mass is 10.5. The van der Waals surface area contributed by atoms with Gasteiger partial charge in [-0.15, -0.1) is 0 Å². The zero-order valence-corrected chi connectivity index (χ0v) is 3.67. The number of amides is 1. The highest BCUT2D eigenvalue weighted by atomic mass is 16.5. The molecule has 0 bridgehead atoms. The van der Waals surface area contributed by atoms with Crippen LogP contribution in [0.1, 0.15) is 0 Å². The van der Waals surface area contributed by atoms with Gasteiger partial charge in [-0.05, 0) is 0 Å². The Balaban J connectivity index is 2.95. The summed E-state index contributed by atoms with van der Waals surface area (Å²) >= 11 is 0. The number of aliphatic imine (C=N–C) groups is 1. The Morgan fingerprint density at radius 2 is 2.50 bits per heavy atom. The van der Waals surface area contributed by atoms with Gasteiger partial charge in [-0.2, -0.15) is 0 Å². The molecule has 0 aromatic rings. The Kier molecular flexibility index (Phi) is 0.946. The molecule has 0 fully saturated rings. The number of hydrogen-bond acceptors (Lipinski definition) is 3. The summed E-state index contributed by atoms with van der Waals surface area (Å²) in [6.07, 6.45) is 1.85. The van der Waals surface area contributed by atoms with Crippen LogP contribution in [0.3, 0.4) is 0 Å². The molecular weight excluding hydrogens is 110 g/mol. The molecule has 1 aliphatic rings. The minimum atomic E-state index is -0.722. The summed E-state index contributed by atoms with van der Waals surface area (Å²) < 4.78 is 4.14. The molecule has 4 heteroatoms.